The van der Waals surface area contributed by atoms with Gasteiger partial charge in [0.25, 0.3) is 5.91 Å². The Balaban J connectivity index is 2.21. The summed E-state index contributed by atoms with van der Waals surface area (Å²) in [5.41, 5.74) is 3.37. The fourth-order valence-corrected chi connectivity index (χ4v) is 3.61. The van der Waals surface area contributed by atoms with Gasteiger partial charge in [-0.2, -0.15) is 0 Å². The van der Waals surface area contributed by atoms with Crippen LogP contribution in [0.25, 0.3) is 0 Å². The van der Waals surface area contributed by atoms with Crippen molar-refractivity contribution in [3.8, 4) is 5.75 Å². The first kappa shape index (κ1) is 26.4. The SMILES string of the molecule is CC[C@@H](C)NC(=O)[C@@H](CC)N(Cc1ccccc1C)C(=O)COc1ccc(C(C)(C)C)cc1. The second-order valence-electron chi connectivity index (χ2n) is 9.75. The highest BCUT2D eigenvalue weighted by atomic mass is 16.5. The molecule has 1 N–H and O–H groups in total. The molecule has 5 nitrogen and oxygen atoms in total. The summed E-state index contributed by atoms with van der Waals surface area (Å²) in [5.74, 6) is 0.317. The van der Waals surface area contributed by atoms with Gasteiger partial charge in [0, 0.05) is 12.6 Å². The molecule has 0 aromatic heterocycles. The number of hydrogen-bond acceptors (Lipinski definition) is 3. The van der Waals surface area contributed by atoms with Gasteiger partial charge in [-0.3, -0.25) is 9.59 Å². The van der Waals surface area contributed by atoms with E-state index >= 15 is 0 Å². The minimum Gasteiger partial charge on any atom is -0.484 e. The predicted octanol–water partition coefficient (Wildman–Crippen LogP) is 5.39. The van der Waals surface area contributed by atoms with Crippen LogP contribution >= 0.6 is 0 Å². The minimum absolute atomic E-state index is 0.0516. The van der Waals surface area contributed by atoms with Crippen LogP contribution in [-0.2, 0) is 21.5 Å². The molecule has 0 fully saturated rings. The summed E-state index contributed by atoms with van der Waals surface area (Å²) in [6, 6.07) is 15.3. The normalized spacial score (nSPS) is 13.2. The van der Waals surface area contributed by atoms with Gasteiger partial charge in [-0.25, -0.2) is 0 Å². The molecule has 2 aromatic rings. The molecule has 0 heterocycles. The van der Waals surface area contributed by atoms with Crippen LogP contribution in [0.15, 0.2) is 48.5 Å². The van der Waals surface area contributed by atoms with Gasteiger partial charge in [0.1, 0.15) is 11.8 Å². The van der Waals surface area contributed by atoms with E-state index < -0.39 is 6.04 Å². The van der Waals surface area contributed by atoms with E-state index in [-0.39, 0.29) is 29.9 Å². The number of benzene rings is 2. The summed E-state index contributed by atoms with van der Waals surface area (Å²) in [4.78, 5) is 28.0. The number of carbonyl (C=O) groups is 2. The third-order valence-electron chi connectivity index (χ3n) is 6.07. The molecule has 180 valence electrons. The van der Waals surface area contributed by atoms with E-state index in [2.05, 4.69) is 26.1 Å². The van der Waals surface area contributed by atoms with Crippen molar-refractivity contribution in [3.63, 3.8) is 0 Å². The Morgan fingerprint density at radius 2 is 1.64 bits per heavy atom. The first-order valence-electron chi connectivity index (χ1n) is 11.9. The molecule has 0 radical (unpaired) electrons. The molecule has 0 spiro atoms. The first-order valence-corrected chi connectivity index (χ1v) is 11.9. The van der Waals surface area contributed by atoms with Gasteiger partial charge in [0.2, 0.25) is 5.91 Å². The van der Waals surface area contributed by atoms with E-state index in [0.29, 0.717) is 18.7 Å². The lowest BCUT2D eigenvalue weighted by molar-refractivity contribution is -0.143. The Kier molecular flexibility index (Phi) is 9.51. The summed E-state index contributed by atoms with van der Waals surface area (Å²) in [6.07, 6.45) is 1.36. The lowest BCUT2D eigenvalue weighted by Gasteiger charge is -2.31. The van der Waals surface area contributed by atoms with Crippen LogP contribution in [0.2, 0.25) is 0 Å². The predicted molar refractivity (Wildman–Crippen MR) is 134 cm³/mol. The van der Waals surface area contributed by atoms with Crippen molar-refractivity contribution in [2.75, 3.05) is 6.61 Å². The molecule has 2 atom stereocenters. The lowest BCUT2D eigenvalue weighted by Crippen LogP contribution is -2.51. The van der Waals surface area contributed by atoms with Gasteiger partial charge >= 0.3 is 0 Å². The molecule has 2 rings (SSSR count). The van der Waals surface area contributed by atoms with Gasteiger partial charge in [0.15, 0.2) is 6.61 Å². The maximum atomic E-state index is 13.3. The standard InChI is InChI=1S/C28H40N2O3/c1-8-21(4)29-27(32)25(9-2)30(18-22-13-11-10-12-20(22)3)26(31)19-33-24-16-14-23(15-17-24)28(5,6)7/h10-17,21,25H,8-9,18-19H2,1-7H3,(H,29,32)/t21-,25-/m1/s1. The fraction of sp³-hybridized carbons (Fsp3) is 0.500. The van der Waals surface area contributed by atoms with Crippen molar-refractivity contribution in [1.82, 2.24) is 10.2 Å². The second-order valence-corrected chi connectivity index (χ2v) is 9.75. The smallest absolute Gasteiger partial charge is 0.261 e. The fourth-order valence-electron chi connectivity index (χ4n) is 3.61. The molecular formula is C28H40N2O3. The Morgan fingerprint density at radius 1 is 1.00 bits per heavy atom. The van der Waals surface area contributed by atoms with Gasteiger partial charge < -0.3 is 15.0 Å². The van der Waals surface area contributed by atoms with Gasteiger partial charge in [-0.15, -0.1) is 0 Å². The van der Waals surface area contributed by atoms with E-state index in [0.717, 1.165) is 17.5 Å². The third-order valence-corrected chi connectivity index (χ3v) is 6.07. The minimum atomic E-state index is -0.557. The van der Waals surface area contributed by atoms with E-state index in [1.54, 1.807) is 4.90 Å². The number of carbonyl (C=O) groups excluding carboxylic acids is 2. The van der Waals surface area contributed by atoms with E-state index in [4.69, 9.17) is 4.74 Å². The number of aryl methyl sites for hydroxylation is 1. The van der Waals surface area contributed by atoms with Crippen LogP contribution in [0.4, 0.5) is 0 Å². The van der Waals surface area contributed by atoms with Crippen LogP contribution in [0.5, 0.6) is 5.75 Å². The van der Waals surface area contributed by atoms with Crippen molar-refractivity contribution >= 4 is 11.8 Å². The van der Waals surface area contributed by atoms with E-state index in [1.807, 2.05) is 76.2 Å². The van der Waals surface area contributed by atoms with Crippen LogP contribution in [-0.4, -0.2) is 35.4 Å². The number of nitrogens with one attached hydrogen (secondary N) is 1. The monoisotopic (exact) mass is 452 g/mol. The average molecular weight is 453 g/mol. The highest BCUT2D eigenvalue weighted by Gasteiger charge is 2.29. The maximum absolute atomic E-state index is 13.3. The number of rotatable bonds is 10. The van der Waals surface area contributed by atoms with Crippen molar-refractivity contribution in [3.05, 3.63) is 65.2 Å². The molecule has 0 unspecified atom stereocenters. The van der Waals surface area contributed by atoms with E-state index in [1.165, 1.54) is 5.56 Å². The summed E-state index contributed by atoms with van der Waals surface area (Å²) in [6.45, 7) is 14.7. The summed E-state index contributed by atoms with van der Waals surface area (Å²) < 4.78 is 5.84. The molecule has 0 aliphatic rings. The Bertz CT molecular complexity index is 915. The Hall–Kier alpha value is -2.82. The zero-order valence-electron chi connectivity index (χ0n) is 21.3. The Morgan fingerprint density at radius 3 is 2.18 bits per heavy atom. The number of hydrogen-bond donors (Lipinski definition) is 1. The molecular weight excluding hydrogens is 412 g/mol. The van der Waals surface area contributed by atoms with Crippen molar-refractivity contribution in [1.29, 1.82) is 0 Å². The molecule has 0 bridgehead atoms. The highest BCUT2D eigenvalue weighted by Crippen LogP contribution is 2.24. The highest BCUT2D eigenvalue weighted by molar-refractivity contribution is 5.88. The van der Waals surface area contributed by atoms with Crippen LogP contribution in [0.3, 0.4) is 0 Å². The maximum Gasteiger partial charge on any atom is 0.261 e. The van der Waals surface area contributed by atoms with E-state index in [9.17, 15) is 9.59 Å². The summed E-state index contributed by atoms with van der Waals surface area (Å²) >= 11 is 0. The molecule has 33 heavy (non-hydrogen) atoms. The van der Waals surface area contributed by atoms with Gasteiger partial charge in [-0.1, -0.05) is 71.0 Å². The molecule has 0 saturated carbocycles. The third kappa shape index (κ3) is 7.62. The topological polar surface area (TPSA) is 58.6 Å². The van der Waals surface area contributed by atoms with Crippen LogP contribution in [0, 0.1) is 6.92 Å². The largest absolute Gasteiger partial charge is 0.484 e. The molecule has 0 aliphatic heterocycles. The molecule has 0 aliphatic carbocycles. The van der Waals surface area contributed by atoms with Gasteiger partial charge in [0.05, 0.1) is 0 Å². The number of ether oxygens (including phenoxy) is 1. The molecule has 0 saturated heterocycles. The van der Waals surface area contributed by atoms with Crippen molar-refractivity contribution in [2.45, 2.75) is 85.4 Å². The van der Waals surface area contributed by atoms with Crippen LogP contribution in [0.1, 0.15) is 71.1 Å². The van der Waals surface area contributed by atoms with Crippen LogP contribution < -0.4 is 10.1 Å². The van der Waals surface area contributed by atoms with Crippen molar-refractivity contribution < 1.29 is 14.3 Å². The molecule has 5 heteroatoms. The summed E-state index contributed by atoms with van der Waals surface area (Å²) in [7, 11) is 0. The first-order chi connectivity index (χ1) is 15.6. The quantitative estimate of drug-likeness (QED) is 0.526. The lowest BCUT2D eigenvalue weighted by atomic mass is 9.87. The second kappa shape index (κ2) is 11.9. The van der Waals surface area contributed by atoms with Crippen molar-refractivity contribution in [2.24, 2.45) is 0 Å². The number of nitrogens with zero attached hydrogens (tertiary/aromatic N) is 1. The molecule has 2 amide bonds. The zero-order valence-corrected chi connectivity index (χ0v) is 21.3. The van der Waals surface area contributed by atoms with Gasteiger partial charge in [-0.05, 0) is 60.9 Å². The average Bonchev–Trinajstić information content (AvgIpc) is 2.78. The Labute approximate surface area is 199 Å². The molecule has 2 aromatic carbocycles. The number of amides is 2. The summed E-state index contributed by atoms with van der Waals surface area (Å²) in [5, 5.41) is 3.04. The zero-order chi connectivity index (χ0) is 24.6.